The van der Waals surface area contributed by atoms with Crippen molar-refractivity contribution >= 4 is 5.91 Å². The average molecular weight is 251 g/mol. The van der Waals surface area contributed by atoms with Crippen LogP contribution in [0.25, 0.3) is 0 Å². The lowest BCUT2D eigenvalue weighted by atomic mass is 10.2. The number of piperazine rings is 1. The summed E-state index contributed by atoms with van der Waals surface area (Å²) in [6, 6.07) is 4.08. The van der Waals surface area contributed by atoms with Crippen molar-refractivity contribution in [1.29, 1.82) is 0 Å². The minimum Gasteiger partial charge on any atom is -0.467 e. The first-order valence-electron chi connectivity index (χ1n) is 6.43. The summed E-state index contributed by atoms with van der Waals surface area (Å²) < 4.78 is 5.26. The molecule has 1 saturated heterocycles. The molecule has 0 saturated carbocycles. The van der Waals surface area contributed by atoms with E-state index in [1.807, 2.05) is 19.1 Å². The number of carbonyl (C=O) groups excluding carboxylic acids is 1. The molecular weight excluding hydrogens is 230 g/mol. The maximum Gasteiger partial charge on any atom is 0.234 e. The van der Waals surface area contributed by atoms with Crippen molar-refractivity contribution in [2.45, 2.75) is 25.9 Å². The lowest BCUT2D eigenvalue weighted by Crippen LogP contribution is -2.51. The molecule has 0 radical (unpaired) electrons. The molecule has 2 rings (SSSR count). The SMILES string of the molecule is CC(NC(=O)CN1CCN[C@@H](C)C1)c1ccco1. The second kappa shape index (κ2) is 6.02. The van der Waals surface area contributed by atoms with Crippen LogP contribution in [0.4, 0.5) is 0 Å². The first-order chi connectivity index (χ1) is 8.65. The lowest BCUT2D eigenvalue weighted by molar-refractivity contribution is -0.123. The maximum absolute atomic E-state index is 11.9. The van der Waals surface area contributed by atoms with Gasteiger partial charge in [-0.3, -0.25) is 9.69 Å². The van der Waals surface area contributed by atoms with Crippen LogP contribution in [0.5, 0.6) is 0 Å². The average Bonchev–Trinajstić information content (AvgIpc) is 2.81. The van der Waals surface area contributed by atoms with Gasteiger partial charge in [0.05, 0.1) is 18.8 Å². The van der Waals surface area contributed by atoms with Gasteiger partial charge in [-0.25, -0.2) is 0 Å². The van der Waals surface area contributed by atoms with Crippen molar-refractivity contribution in [3.63, 3.8) is 0 Å². The number of amides is 1. The third kappa shape index (κ3) is 3.58. The Morgan fingerprint density at radius 2 is 2.56 bits per heavy atom. The quantitative estimate of drug-likeness (QED) is 0.829. The van der Waals surface area contributed by atoms with E-state index >= 15 is 0 Å². The van der Waals surface area contributed by atoms with Crippen LogP contribution in [0.15, 0.2) is 22.8 Å². The van der Waals surface area contributed by atoms with Crippen molar-refractivity contribution in [3.05, 3.63) is 24.2 Å². The maximum atomic E-state index is 11.9. The molecule has 1 aromatic heterocycles. The normalized spacial score (nSPS) is 22.7. The fraction of sp³-hybridized carbons (Fsp3) is 0.615. The lowest BCUT2D eigenvalue weighted by Gasteiger charge is -2.31. The summed E-state index contributed by atoms with van der Waals surface area (Å²) in [5, 5.41) is 6.31. The first kappa shape index (κ1) is 13.1. The van der Waals surface area contributed by atoms with Crippen LogP contribution in [0, 0.1) is 0 Å². The van der Waals surface area contributed by atoms with Crippen LogP contribution in [0.2, 0.25) is 0 Å². The van der Waals surface area contributed by atoms with Gasteiger partial charge in [-0.15, -0.1) is 0 Å². The van der Waals surface area contributed by atoms with Crippen LogP contribution in [0.1, 0.15) is 25.6 Å². The molecule has 1 unspecified atom stereocenters. The number of nitrogens with one attached hydrogen (secondary N) is 2. The second-order valence-corrected chi connectivity index (χ2v) is 4.89. The molecule has 1 amide bonds. The number of furan rings is 1. The van der Waals surface area contributed by atoms with E-state index in [0.29, 0.717) is 12.6 Å². The highest BCUT2D eigenvalue weighted by Crippen LogP contribution is 2.11. The van der Waals surface area contributed by atoms with Crippen LogP contribution in [-0.4, -0.2) is 43.0 Å². The molecular formula is C13H21N3O2. The minimum atomic E-state index is -0.0761. The predicted molar refractivity (Wildman–Crippen MR) is 69.2 cm³/mol. The molecule has 2 N–H and O–H groups in total. The van der Waals surface area contributed by atoms with Crippen LogP contribution in [-0.2, 0) is 4.79 Å². The van der Waals surface area contributed by atoms with Gasteiger partial charge in [0.2, 0.25) is 5.91 Å². The number of rotatable bonds is 4. The summed E-state index contributed by atoms with van der Waals surface area (Å²) in [6.45, 7) is 7.31. The zero-order valence-electron chi connectivity index (χ0n) is 11.0. The fourth-order valence-electron chi connectivity index (χ4n) is 2.25. The predicted octanol–water partition coefficient (Wildman–Crippen LogP) is 0.750. The van der Waals surface area contributed by atoms with Gasteiger partial charge in [-0.1, -0.05) is 0 Å². The Balaban J connectivity index is 1.78. The van der Waals surface area contributed by atoms with E-state index in [0.717, 1.165) is 25.4 Å². The third-order valence-corrected chi connectivity index (χ3v) is 3.17. The van der Waals surface area contributed by atoms with Gasteiger partial charge in [0.1, 0.15) is 5.76 Å². The van der Waals surface area contributed by atoms with Crippen molar-refractivity contribution in [2.24, 2.45) is 0 Å². The number of hydrogen-bond donors (Lipinski definition) is 2. The van der Waals surface area contributed by atoms with Crippen molar-refractivity contribution in [3.8, 4) is 0 Å². The Labute approximate surface area is 108 Å². The van der Waals surface area contributed by atoms with E-state index in [1.54, 1.807) is 6.26 Å². The van der Waals surface area contributed by atoms with Crippen molar-refractivity contribution in [2.75, 3.05) is 26.2 Å². The molecule has 1 aromatic rings. The summed E-state index contributed by atoms with van der Waals surface area (Å²) >= 11 is 0. The summed E-state index contributed by atoms with van der Waals surface area (Å²) in [5.74, 6) is 0.838. The van der Waals surface area contributed by atoms with Crippen molar-refractivity contribution < 1.29 is 9.21 Å². The van der Waals surface area contributed by atoms with Gasteiger partial charge in [-0.2, -0.15) is 0 Å². The molecule has 18 heavy (non-hydrogen) atoms. The molecule has 0 aliphatic carbocycles. The number of hydrogen-bond acceptors (Lipinski definition) is 4. The van der Waals surface area contributed by atoms with Crippen LogP contribution < -0.4 is 10.6 Å². The molecule has 5 nitrogen and oxygen atoms in total. The monoisotopic (exact) mass is 251 g/mol. The highest BCUT2D eigenvalue weighted by molar-refractivity contribution is 5.78. The van der Waals surface area contributed by atoms with Gasteiger partial charge in [-0.05, 0) is 26.0 Å². The van der Waals surface area contributed by atoms with E-state index < -0.39 is 0 Å². The highest BCUT2D eigenvalue weighted by atomic mass is 16.3. The molecule has 0 aromatic carbocycles. The summed E-state index contributed by atoms with van der Waals surface area (Å²) in [4.78, 5) is 14.1. The van der Waals surface area contributed by atoms with Gasteiger partial charge < -0.3 is 15.1 Å². The number of nitrogens with zero attached hydrogens (tertiary/aromatic N) is 1. The summed E-state index contributed by atoms with van der Waals surface area (Å²) in [5.41, 5.74) is 0. The fourth-order valence-corrected chi connectivity index (χ4v) is 2.25. The van der Waals surface area contributed by atoms with E-state index in [9.17, 15) is 4.79 Å². The van der Waals surface area contributed by atoms with Gasteiger partial charge in [0, 0.05) is 25.7 Å². The largest absolute Gasteiger partial charge is 0.467 e. The Hall–Kier alpha value is -1.33. The first-order valence-corrected chi connectivity index (χ1v) is 6.43. The highest BCUT2D eigenvalue weighted by Gasteiger charge is 2.19. The van der Waals surface area contributed by atoms with Gasteiger partial charge >= 0.3 is 0 Å². The molecule has 1 fully saturated rings. The topological polar surface area (TPSA) is 57.5 Å². The molecule has 2 atom stereocenters. The van der Waals surface area contributed by atoms with Gasteiger partial charge in [0.15, 0.2) is 0 Å². The molecule has 2 heterocycles. The second-order valence-electron chi connectivity index (χ2n) is 4.89. The zero-order chi connectivity index (χ0) is 13.0. The van der Waals surface area contributed by atoms with Crippen LogP contribution in [0.3, 0.4) is 0 Å². The van der Waals surface area contributed by atoms with Crippen molar-refractivity contribution in [1.82, 2.24) is 15.5 Å². The van der Waals surface area contributed by atoms with E-state index in [1.165, 1.54) is 0 Å². The third-order valence-electron chi connectivity index (χ3n) is 3.17. The standard InChI is InChI=1S/C13H21N3O2/c1-10-8-16(6-5-14-10)9-13(17)15-11(2)12-4-3-7-18-12/h3-4,7,10-11,14H,5-6,8-9H2,1-2H3,(H,15,17)/t10-,11?/m0/s1. The summed E-state index contributed by atoms with van der Waals surface area (Å²) in [7, 11) is 0. The zero-order valence-corrected chi connectivity index (χ0v) is 11.0. The Morgan fingerprint density at radius 3 is 3.22 bits per heavy atom. The molecule has 0 spiro atoms. The van der Waals surface area contributed by atoms with Crippen LogP contribution >= 0.6 is 0 Å². The Morgan fingerprint density at radius 1 is 1.72 bits per heavy atom. The molecule has 100 valence electrons. The van der Waals surface area contributed by atoms with E-state index in [4.69, 9.17) is 4.42 Å². The van der Waals surface area contributed by atoms with E-state index in [2.05, 4.69) is 22.5 Å². The summed E-state index contributed by atoms with van der Waals surface area (Å²) in [6.07, 6.45) is 1.62. The van der Waals surface area contributed by atoms with Gasteiger partial charge in [0.25, 0.3) is 0 Å². The molecule has 1 aliphatic heterocycles. The Bertz CT molecular complexity index is 378. The smallest absolute Gasteiger partial charge is 0.234 e. The number of carbonyl (C=O) groups is 1. The minimum absolute atomic E-state index is 0.0491. The molecule has 5 heteroatoms. The molecule has 1 aliphatic rings. The molecule has 0 bridgehead atoms. The van der Waals surface area contributed by atoms with E-state index in [-0.39, 0.29) is 11.9 Å². The Kier molecular flexibility index (Phi) is 4.38.